The van der Waals surface area contributed by atoms with Crippen LogP contribution >= 0.6 is 0 Å². The minimum absolute atomic E-state index is 0.565. The Morgan fingerprint density at radius 2 is 2.30 bits per heavy atom. The Morgan fingerprint density at radius 1 is 1.39 bits per heavy atom. The Hall–Kier alpha value is -2.14. The second-order valence-electron chi connectivity index (χ2n) is 6.62. The molecule has 1 saturated heterocycles. The lowest BCUT2D eigenvalue weighted by atomic mass is 9.94. The van der Waals surface area contributed by atoms with E-state index in [0.29, 0.717) is 5.92 Å². The highest BCUT2D eigenvalue weighted by molar-refractivity contribution is 5.76. The molecule has 0 saturated carbocycles. The lowest BCUT2D eigenvalue weighted by Crippen LogP contribution is -2.34. The van der Waals surface area contributed by atoms with Gasteiger partial charge < -0.3 is 4.98 Å². The summed E-state index contributed by atoms with van der Waals surface area (Å²) in [7, 11) is 2.01. The summed E-state index contributed by atoms with van der Waals surface area (Å²) in [6, 6.07) is 6.39. The quantitative estimate of drug-likeness (QED) is 0.809. The van der Waals surface area contributed by atoms with Gasteiger partial charge in [0.05, 0.1) is 6.20 Å². The first kappa shape index (κ1) is 14.5. The summed E-state index contributed by atoms with van der Waals surface area (Å²) in [6.07, 6.45) is 6.34. The van der Waals surface area contributed by atoms with Gasteiger partial charge in [-0.25, -0.2) is 4.98 Å². The minimum Gasteiger partial charge on any atom is -0.343 e. The number of nitrogens with zero attached hydrogens (tertiary/aromatic N) is 4. The van der Waals surface area contributed by atoms with Gasteiger partial charge in [-0.3, -0.25) is 9.58 Å². The number of aryl methyl sites for hydroxylation is 1. The summed E-state index contributed by atoms with van der Waals surface area (Å²) in [5.74, 6) is 0.565. The predicted octanol–water partition coefficient (Wildman–Crippen LogP) is 2.98. The third-order valence-corrected chi connectivity index (χ3v) is 5.09. The van der Waals surface area contributed by atoms with Crippen LogP contribution in [-0.4, -0.2) is 37.7 Å². The Morgan fingerprint density at radius 3 is 3.09 bits per heavy atom. The number of hydrogen-bond acceptors (Lipinski definition) is 3. The summed E-state index contributed by atoms with van der Waals surface area (Å²) in [5, 5.41) is 5.57. The third-order valence-electron chi connectivity index (χ3n) is 5.09. The molecular weight excluding hydrogens is 286 g/mol. The van der Waals surface area contributed by atoms with Crippen molar-refractivity contribution in [3.63, 3.8) is 0 Å². The van der Waals surface area contributed by atoms with Gasteiger partial charge in [0, 0.05) is 54.6 Å². The van der Waals surface area contributed by atoms with E-state index in [2.05, 4.69) is 39.0 Å². The molecule has 0 radical (unpaired) electrons. The van der Waals surface area contributed by atoms with Gasteiger partial charge in [0.15, 0.2) is 0 Å². The van der Waals surface area contributed by atoms with Gasteiger partial charge in [-0.15, -0.1) is 0 Å². The van der Waals surface area contributed by atoms with Crippen molar-refractivity contribution < 1.29 is 0 Å². The van der Waals surface area contributed by atoms with Crippen molar-refractivity contribution in [2.75, 3.05) is 13.1 Å². The monoisotopic (exact) mass is 309 g/mol. The van der Waals surface area contributed by atoms with Gasteiger partial charge in [0.25, 0.3) is 0 Å². The number of piperidine rings is 1. The molecule has 0 amide bonds. The number of nitrogens with one attached hydrogen (secondary N) is 1. The van der Waals surface area contributed by atoms with Crippen molar-refractivity contribution in [1.82, 2.24) is 24.6 Å². The number of rotatable bonds is 3. The van der Waals surface area contributed by atoms with E-state index >= 15 is 0 Å². The number of H-pyrrole nitrogens is 1. The summed E-state index contributed by atoms with van der Waals surface area (Å²) < 4.78 is 1.96. The molecule has 3 aromatic heterocycles. The van der Waals surface area contributed by atoms with Gasteiger partial charge >= 0.3 is 0 Å². The van der Waals surface area contributed by atoms with E-state index in [1.807, 2.05) is 30.2 Å². The second-order valence-corrected chi connectivity index (χ2v) is 6.62. The van der Waals surface area contributed by atoms with Gasteiger partial charge in [0.1, 0.15) is 5.65 Å². The van der Waals surface area contributed by atoms with E-state index in [9.17, 15) is 0 Å². The van der Waals surface area contributed by atoms with Crippen molar-refractivity contribution in [3.05, 3.63) is 47.5 Å². The van der Waals surface area contributed by atoms with Crippen LogP contribution in [0.1, 0.15) is 35.7 Å². The maximum Gasteiger partial charge on any atom is 0.137 e. The maximum absolute atomic E-state index is 4.42. The first-order chi connectivity index (χ1) is 11.2. The molecule has 5 nitrogen and oxygen atoms in total. The molecule has 0 unspecified atom stereocenters. The molecule has 4 rings (SSSR count). The molecule has 1 fully saturated rings. The molecule has 5 heteroatoms. The van der Waals surface area contributed by atoms with Gasteiger partial charge in [0.2, 0.25) is 0 Å². The first-order valence-corrected chi connectivity index (χ1v) is 8.34. The lowest BCUT2D eigenvalue weighted by molar-refractivity contribution is 0.198. The molecule has 0 bridgehead atoms. The highest BCUT2D eigenvalue weighted by atomic mass is 15.3. The zero-order valence-electron chi connectivity index (χ0n) is 13.8. The van der Waals surface area contributed by atoms with E-state index in [0.717, 1.165) is 18.7 Å². The highest BCUT2D eigenvalue weighted by Gasteiger charge is 2.23. The fourth-order valence-electron chi connectivity index (χ4n) is 3.59. The lowest BCUT2D eigenvalue weighted by Gasteiger charge is -2.32. The molecular formula is C18H23N5. The topological polar surface area (TPSA) is 49.7 Å². The van der Waals surface area contributed by atoms with Crippen molar-refractivity contribution in [2.45, 2.75) is 32.2 Å². The van der Waals surface area contributed by atoms with Crippen LogP contribution in [-0.2, 0) is 13.6 Å². The van der Waals surface area contributed by atoms with Crippen LogP contribution in [0.3, 0.4) is 0 Å². The molecule has 4 heterocycles. The molecule has 23 heavy (non-hydrogen) atoms. The van der Waals surface area contributed by atoms with E-state index in [1.165, 1.54) is 41.7 Å². The number of pyridine rings is 1. The molecule has 1 aliphatic heterocycles. The van der Waals surface area contributed by atoms with Crippen LogP contribution in [0.4, 0.5) is 0 Å². The third kappa shape index (κ3) is 2.77. The van der Waals surface area contributed by atoms with Crippen molar-refractivity contribution >= 4 is 11.0 Å². The summed E-state index contributed by atoms with van der Waals surface area (Å²) in [5.41, 5.74) is 4.93. The number of fused-ring (bicyclic) bond motifs is 1. The van der Waals surface area contributed by atoms with Gasteiger partial charge in [-0.05, 0) is 44.5 Å². The Kier molecular flexibility index (Phi) is 3.65. The molecule has 0 spiro atoms. The van der Waals surface area contributed by atoms with Crippen molar-refractivity contribution in [1.29, 1.82) is 0 Å². The predicted molar refractivity (Wildman–Crippen MR) is 91.3 cm³/mol. The average molecular weight is 309 g/mol. The molecule has 1 aliphatic rings. The fraction of sp³-hybridized carbons (Fsp3) is 0.444. The summed E-state index contributed by atoms with van der Waals surface area (Å²) >= 11 is 0. The standard InChI is InChI=1S/C18H23N5/c1-13-16(10-20-22(13)2)12-23-8-4-6-15(11-23)17-9-14-5-3-7-19-18(14)21-17/h3,5,7,9-10,15H,4,6,8,11-12H2,1-2H3,(H,19,21)/t15-/m0/s1. The van der Waals surface area contributed by atoms with E-state index in [1.54, 1.807) is 0 Å². The Balaban J connectivity index is 1.51. The van der Waals surface area contributed by atoms with Crippen LogP contribution in [0.15, 0.2) is 30.6 Å². The first-order valence-electron chi connectivity index (χ1n) is 8.34. The minimum atomic E-state index is 0.565. The van der Waals surface area contributed by atoms with Crippen molar-refractivity contribution in [3.8, 4) is 0 Å². The molecule has 0 aliphatic carbocycles. The zero-order valence-corrected chi connectivity index (χ0v) is 13.8. The SMILES string of the molecule is Cc1c(CN2CCC[C@H](c3cc4cccnc4[nH]3)C2)cnn1C. The van der Waals surface area contributed by atoms with E-state index in [4.69, 9.17) is 0 Å². The van der Waals surface area contributed by atoms with Gasteiger partial charge in [-0.2, -0.15) is 5.10 Å². The summed E-state index contributed by atoms with van der Waals surface area (Å²) in [4.78, 5) is 10.5. The highest BCUT2D eigenvalue weighted by Crippen LogP contribution is 2.29. The summed E-state index contributed by atoms with van der Waals surface area (Å²) in [6.45, 7) is 5.41. The largest absolute Gasteiger partial charge is 0.343 e. The Bertz CT molecular complexity index is 783. The maximum atomic E-state index is 4.42. The second kappa shape index (κ2) is 5.81. The molecule has 1 N–H and O–H groups in total. The average Bonchev–Trinajstić information content (AvgIpc) is 3.14. The number of aromatic amines is 1. The molecule has 3 aromatic rings. The van der Waals surface area contributed by atoms with Crippen LogP contribution in [0.5, 0.6) is 0 Å². The molecule has 120 valence electrons. The Labute approximate surface area is 136 Å². The number of likely N-dealkylation sites (tertiary alicyclic amines) is 1. The van der Waals surface area contributed by atoms with Crippen LogP contribution in [0.25, 0.3) is 11.0 Å². The normalized spacial score (nSPS) is 19.5. The smallest absolute Gasteiger partial charge is 0.137 e. The molecule has 1 atom stereocenters. The zero-order chi connectivity index (χ0) is 15.8. The van der Waals surface area contributed by atoms with Crippen molar-refractivity contribution in [2.24, 2.45) is 7.05 Å². The fourth-order valence-corrected chi connectivity index (χ4v) is 3.59. The van der Waals surface area contributed by atoms with E-state index < -0.39 is 0 Å². The van der Waals surface area contributed by atoms with E-state index in [-0.39, 0.29) is 0 Å². The van der Waals surface area contributed by atoms with Crippen LogP contribution in [0.2, 0.25) is 0 Å². The van der Waals surface area contributed by atoms with Crippen LogP contribution in [0, 0.1) is 6.92 Å². The van der Waals surface area contributed by atoms with Crippen LogP contribution < -0.4 is 0 Å². The number of aromatic nitrogens is 4. The number of hydrogen-bond donors (Lipinski definition) is 1. The molecule has 0 aromatic carbocycles. The van der Waals surface area contributed by atoms with Gasteiger partial charge in [-0.1, -0.05) is 0 Å².